The molecule has 1 aromatic rings. The van der Waals surface area contributed by atoms with Crippen LogP contribution in [0, 0.1) is 18.3 Å². The maximum absolute atomic E-state index is 13.8. The Morgan fingerprint density at radius 3 is 2.38 bits per heavy atom. The highest BCUT2D eigenvalue weighted by Gasteiger charge is 2.38. The average molecular weight is 518 g/mol. The Balaban J connectivity index is 3.54. The molecule has 204 valence electrons. The predicted octanol–water partition coefficient (Wildman–Crippen LogP) is 2.56. The molecule has 37 heavy (non-hydrogen) atoms. The van der Waals surface area contributed by atoms with Crippen LogP contribution in [0.2, 0.25) is 0 Å². The van der Waals surface area contributed by atoms with E-state index < -0.39 is 48.0 Å². The Morgan fingerprint density at radius 1 is 1.19 bits per heavy atom. The number of phenols is 1. The summed E-state index contributed by atoms with van der Waals surface area (Å²) in [4.78, 5) is 52.2. The van der Waals surface area contributed by atoms with E-state index in [1.54, 1.807) is 39.8 Å². The van der Waals surface area contributed by atoms with Crippen molar-refractivity contribution in [2.45, 2.75) is 91.0 Å². The van der Waals surface area contributed by atoms with E-state index in [2.05, 4.69) is 10.6 Å². The molecule has 11 heteroatoms. The van der Waals surface area contributed by atoms with Crippen molar-refractivity contribution < 1.29 is 29.0 Å². The SMILES string of the molecule is CCCC(C)NC(=O)C(c1cccc(C)c1O)N(CC#N)C(=O)C(CCC(N)=O)NC(=O)OC(C)(C)C. The minimum Gasteiger partial charge on any atom is -0.507 e. The van der Waals surface area contributed by atoms with Gasteiger partial charge in [0, 0.05) is 18.0 Å². The fraction of sp³-hybridized carbons (Fsp3) is 0.577. The number of amides is 4. The van der Waals surface area contributed by atoms with E-state index in [0.29, 0.717) is 12.0 Å². The number of aromatic hydroxyl groups is 1. The van der Waals surface area contributed by atoms with Crippen LogP contribution in [0.25, 0.3) is 0 Å². The molecule has 3 unspecified atom stereocenters. The van der Waals surface area contributed by atoms with Crippen LogP contribution in [0.5, 0.6) is 5.75 Å². The summed E-state index contributed by atoms with van der Waals surface area (Å²) in [5, 5.41) is 25.6. The van der Waals surface area contributed by atoms with Crippen LogP contribution in [0.1, 0.15) is 77.5 Å². The van der Waals surface area contributed by atoms with Crippen molar-refractivity contribution in [2.24, 2.45) is 5.73 Å². The third-order valence-electron chi connectivity index (χ3n) is 5.43. The van der Waals surface area contributed by atoms with Crippen molar-refractivity contribution in [3.63, 3.8) is 0 Å². The number of phenolic OH excluding ortho intramolecular Hbond substituents is 1. The Bertz CT molecular complexity index is 1010. The van der Waals surface area contributed by atoms with Crippen LogP contribution >= 0.6 is 0 Å². The van der Waals surface area contributed by atoms with Gasteiger partial charge in [0.2, 0.25) is 17.7 Å². The number of carbonyl (C=O) groups excluding carboxylic acids is 4. The number of hydrogen-bond donors (Lipinski definition) is 4. The van der Waals surface area contributed by atoms with Gasteiger partial charge in [-0.25, -0.2) is 4.79 Å². The molecule has 0 spiro atoms. The Labute approximate surface area is 218 Å². The molecule has 4 amide bonds. The molecule has 5 N–H and O–H groups in total. The Morgan fingerprint density at radius 2 is 1.84 bits per heavy atom. The number of rotatable bonds is 12. The Hall–Kier alpha value is -3.81. The highest BCUT2D eigenvalue weighted by Crippen LogP contribution is 2.32. The molecule has 0 heterocycles. The molecule has 0 aliphatic rings. The number of aryl methyl sites for hydroxylation is 1. The van der Waals surface area contributed by atoms with Crippen molar-refractivity contribution in [2.75, 3.05) is 6.54 Å². The molecule has 0 aliphatic heterocycles. The summed E-state index contributed by atoms with van der Waals surface area (Å²) in [6.45, 7) is 9.82. The molecular weight excluding hydrogens is 478 g/mol. The molecule has 1 aromatic carbocycles. The van der Waals surface area contributed by atoms with Crippen molar-refractivity contribution in [1.82, 2.24) is 15.5 Å². The second kappa shape index (κ2) is 14.1. The first-order valence-electron chi connectivity index (χ1n) is 12.3. The molecule has 0 aromatic heterocycles. The predicted molar refractivity (Wildman–Crippen MR) is 137 cm³/mol. The molecular formula is C26H39N5O6. The van der Waals surface area contributed by atoms with Gasteiger partial charge in [-0.15, -0.1) is 0 Å². The zero-order chi connectivity index (χ0) is 28.3. The van der Waals surface area contributed by atoms with Gasteiger partial charge >= 0.3 is 6.09 Å². The summed E-state index contributed by atoms with van der Waals surface area (Å²) in [7, 11) is 0. The third kappa shape index (κ3) is 9.99. The monoisotopic (exact) mass is 517 g/mol. The van der Waals surface area contributed by atoms with E-state index in [1.807, 2.05) is 19.9 Å². The van der Waals surface area contributed by atoms with Crippen LogP contribution in [0.3, 0.4) is 0 Å². The zero-order valence-electron chi connectivity index (χ0n) is 22.5. The van der Waals surface area contributed by atoms with Crippen LogP contribution in [-0.4, -0.2) is 58.1 Å². The number of para-hydroxylation sites is 1. The highest BCUT2D eigenvalue weighted by molar-refractivity contribution is 5.93. The molecule has 1 rings (SSSR count). The van der Waals surface area contributed by atoms with Gasteiger partial charge in [-0.2, -0.15) is 5.26 Å². The third-order valence-corrected chi connectivity index (χ3v) is 5.43. The quantitative estimate of drug-likeness (QED) is 0.308. The number of alkyl carbamates (subject to hydrolysis) is 1. The Kier molecular flexibility index (Phi) is 11.9. The molecule has 0 bridgehead atoms. The summed E-state index contributed by atoms with van der Waals surface area (Å²) in [6.07, 6.45) is 0.134. The first-order chi connectivity index (χ1) is 17.2. The maximum Gasteiger partial charge on any atom is 0.408 e. The fourth-order valence-corrected chi connectivity index (χ4v) is 3.75. The fourth-order valence-electron chi connectivity index (χ4n) is 3.75. The van der Waals surface area contributed by atoms with E-state index in [4.69, 9.17) is 10.5 Å². The standard InChI is InChI=1S/C26H39N5O6/c1-7-9-17(3)29-23(34)21(18-11-8-10-16(2)22(18)33)31(15-14-27)24(35)19(12-13-20(28)32)30-25(36)37-26(4,5)6/h8,10-11,17,19,21,33H,7,9,12-13,15H2,1-6H3,(H2,28,32)(H,29,34)(H,30,36). The van der Waals surface area contributed by atoms with E-state index in [1.165, 1.54) is 6.07 Å². The van der Waals surface area contributed by atoms with Crippen molar-refractivity contribution >= 4 is 23.8 Å². The van der Waals surface area contributed by atoms with Crippen LogP contribution < -0.4 is 16.4 Å². The van der Waals surface area contributed by atoms with Gasteiger partial charge in [-0.1, -0.05) is 31.5 Å². The summed E-state index contributed by atoms with van der Waals surface area (Å²) in [5.74, 6) is -2.31. The van der Waals surface area contributed by atoms with Crippen LogP contribution in [0.4, 0.5) is 4.79 Å². The van der Waals surface area contributed by atoms with E-state index in [-0.39, 0.29) is 30.2 Å². The molecule has 0 aliphatic carbocycles. The first-order valence-corrected chi connectivity index (χ1v) is 12.3. The molecule has 0 radical (unpaired) electrons. The molecule has 0 saturated heterocycles. The zero-order valence-corrected chi connectivity index (χ0v) is 22.5. The van der Waals surface area contributed by atoms with Gasteiger partial charge < -0.3 is 31.1 Å². The lowest BCUT2D eigenvalue weighted by Crippen LogP contribution is -2.54. The van der Waals surface area contributed by atoms with Gasteiger partial charge in [-0.05, 0) is 53.0 Å². The lowest BCUT2D eigenvalue weighted by Gasteiger charge is -2.34. The number of benzene rings is 1. The number of ether oxygens (including phenoxy) is 1. The minimum absolute atomic E-state index is 0.121. The lowest BCUT2D eigenvalue weighted by atomic mass is 9.98. The average Bonchev–Trinajstić information content (AvgIpc) is 2.77. The lowest BCUT2D eigenvalue weighted by molar-refractivity contribution is -0.142. The number of nitrogens with two attached hydrogens (primary N) is 1. The van der Waals surface area contributed by atoms with Gasteiger partial charge in [0.25, 0.3) is 0 Å². The number of nitriles is 1. The van der Waals surface area contributed by atoms with E-state index in [0.717, 1.165) is 11.3 Å². The second-order valence-electron chi connectivity index (χ2n) is 9.94. The van der Waals surface area contributed by atoms with E-state index >= 15 is 0 Å². The summed E-state index contributed by atoms with van der Waals surface area (Å²) < 4.78 is 5.25. The minimum atomic E-state index is -1.39. The second-order valence-corrected chi connectivity index (χ2v) is 9.94. The molecule has 0 fully saturated rings. The first kappa shape index (κ1) is 31.2. The normalized spacial score (nSPS) is 13.4. The molecule has 3 atom stereocenters. The molecule has 0 saturated carbocycles. The topological polar surface area (TPSA) is 175 Å². The number of nitrogens with one attached hydrogen (secondary N) is 2. The van der Waals surface area contributed by atoms with E-state index in [9.17, 15) is 29.5 Å². The number of carbonyl (C=O) groups is 4. The van der Waals surface area contributed by atoms with Gasteiger partial charge in [0.05, 0.1) is 6.07 Å². The van der Waals surface area contributed by atoms with Crippen LogP contribution in [0.15, 0.2) is 18.2 Å². The van der Waals surface area contributed by atoms with Crippen molar-refractivity contribution in [3.8, 4) is 11.8 Å². The summed E-state index contributed by atoms with van der Waals surface area (Å²) >= 11 is 0. The number of nitrogens with zero attached hydrogens (tertiary/aromatic N) is 2. The summed E-state index contributed by atoms with van der Waals surface area (Å²) in [5.41, 5.74) is 5.00. The van der Waals surface area contributed by atoms with Gasteiger partial charge in [-0.3, -0.25) is 14.4 Å². The smallest absolute Gasteiger partial charge is 0.408 e. The maximum atomic E-state index is 13.8. The molecule has 11 nitrogen and oxygen atoms in total. The number of hydrogen-bond acceptors (Lipinski definition) is 7. The number of primary amides is 1. The van der Waals surface area contributed by atoms with Gasteiger partial charge in [0.1, 0.15) is 30.0 Å². The summed E-state index contributed by atoms with van der Waals surface area (Å²) in [6, 6.07) is 3.69. The van der Waals surface area contributed by atoms with Crippen LogP contribution in [-0.2, 0) is 19.1 Å². The van der Waals surface area contributed by atoms with Crippen molar-refractivity contribution in [1.29, 1.82) is 5.26 Å². The highest BCUT2D eigenvalue weighted by atomic mass is 16.6. The van der Waals surface area contributed by atoms with Gasteiger partial charge in [0.15, 0.2) is 0 Å². The van der Waals surface area contributed by atoms with Crippen molar-refractivity contribution in [3.05, 3.63) is 29.3 Å². The largest absolute Gasteiger partial charge is 0.507 e.